The smallest absolute Gasteiger partial charge is 0.437 e. The molecule has 0 bridgehead atoms. The maximum Gasteiger partial charge on any atom is 0.437 e. The average Bonchev–Trinajstić information content (AvgIpc) is 3.28. The zero-order valence-corrected chi connectivity index (χ0v) is 17.9. The lowest BCUT2D eigenvalue weighted by Crippen LogP contribution is -2.72. The van der Waals surface area contributed by atoms with Crippen LogP contribution in [-0.4, -0.2) is 27.9 Å². The molecule has 4 rings (SSSR count). The highest BCUT2D eigenvalue weighted by Crippen LogP contribution is 2.44. The van der Waals surface area contributed by atoms with E-state index in [1.54, 1.807) is 53.9 Å². The molecule has 0 unspecified atom stereocenters. The Morgan fingerprint density at radius 2 is 1.78 bits per heavy atom. The van der Waals surface area contributed by atoms with Gasteiger partial charge in [-0.2, -0.15) is 13.2 Å². The van der Waals surface area contributed by atoms with E-state index in [-0.39, 0.29) is 4.88 Å². The van der Waals surface area contributed by atoms with E-state index in [0.717, 1.165) is 11.3 Å². The first-order valence-electron chi connectivity index (χ1n) is 9.47. The summed E-state index contributed by atoms with van der Waals surface area (Å²) in [7, 11) is 0. The van der Waals surface area contributed by atoms with Crippen molar-refractivity contribution in [3.05, 3.63) is 82.6 Å². The number of carbonyl (C=O) groups is 1. The number of para-hydroxylation sites is 1. The van der Waals surface area contributed by atoms with Crippen LogP contribution < -0.4 is 15.4 Å². The van der Waals surface area contributed by atoms with E-state index >= 15 is 0 Å². The van der Waals surface area contributed by atoms with Crippen molar-refractivity contribution in [2.45, 2.75) is 17.9 Å². The highest BCUT2D eigenvalue weighted by Gasteiger charge is 2.65. The van der Waals surface area contributed by atoms with Gasteiger partial charge in [-0.1, -0.05) is 36.4 Å². The fourth-order valence-electron chi connectivity index (χ4n) is 3.58. The second-order valence-corrected chi connectivity index (χ2v) is 8.50. The van der Waals surface area contributed by atoms with E-state index in [9.17, 15) is 23.1 Å². The number of ketones is 1. The van der Waals surface area contributed by atoms with Gasteiger partial charge in [-0.25, -0.2) is 0 Å². The van der Waals surface area contributed by atoms with Crippen molar-refractivity contribution in [1.29, 1.82) is 0 Å². The minimum absolute atomic E-state index is 0.0933. The molecule has 0 amide bonds. The highest BCUT2D eigenvalue weighted by atomic mass is 32.1. The summed E-state index contributed by atoms with van der Waals surface area (Å²) in [5.41, 5.74) is -3.25. The van der Waals surface area contributed by atoms with Gasteiger partial charge >= 0.3 is 6.18 Å². The predicted molar refractivity (Wildman–Crippen MR) is 118 cm³/mol. The van der Waals surface area contributed by atoms with Gasteiger partial charge in [0, 0.05) is 0 Å². The summed E-state index contributed by atoms with van der Waals surface area (Å²) >= 11 is 5.95. The third kappa shape index (κ3) is 4.21. The van der Waals surface area contributed by atoms with Crippen LogP contribution in [0.25, 0.3) is 0 Å². The zero-order valence-electron chi connectivity index (χ0n) is 16.3. The Labute approximate surface area is 190 Å². The first-order valence-corrected chi connectivity index (χ1v) is 10.8. The van der Waals surface area contributed by atoms with Crippen LogP contribution in [-0.2, 0) is 0 Å². The molecule has 2 aromatic carbocycles. The number of rotatable bonds is 5. The quantitative estimate of drug-likeness (QED) is 0.361. The lowest BCUT2D eigenvalue weighted by atomic mass is 9.78. The van der Waals surface area contributed by atoms with E-state index < -0.39 is 34.8 Å². The number of halogens is 3. The van der Waals surface area contributed by atoms with Crippen LogP contribution in [0.15, 0.2) is 72.1 Å². The first kappa shape index (κ1) is 22.3. The number of nitrogens with one attached hydrogen (secondary N) is 2. The predicted octanol–water partition coefficient (Wildman–Crippen LogP) is 4.81. The third-order valence-electron chi connectivity index (χ3n) is 5.05. The van der Waals surface area contributed by atoms with Gasteiger partial charge < -0.3 is 20.5 Å². The Hall–Kier alpha value is -2.95. The second kappa shape index (κ2) is 8.53. The Bertz CT molecular complexity index is 1120. The van der Waals surface area contributed by atoms with E-state index in [4.69, 9.17) is 17.0 Å². The monoisotopic (exact) mass is 478 g/mol. The number of hydrogen-bond acceptors (Lipinski definition) is 5. The first-order chi connectivity index (χ1) is 15.2. The zero-order chi connectivity index (χ0) is 22.9. The molecule has 0 aliphatic carbocycles. The average molecular weight is 479 g/mol. The molecule has 0 spiro atoms. The maximum absolute atomic E-state index is 14.0. The molecular formula is C22H17F3N2O3S2. The van der Waals surface area contributed by atoms with E-state index in [1.165, 1.54) is 12.1 Å². The molecule has 1 aromatic heterocycles. The van der Waals surface area contributed by atoms with Crippen LogP contribution in [0.4, 0.5) is 13.2 Å². The van der Waals surface area contributed by atoms with Crippen LogP contribution in [0.5, 0.6) is 11.5 Å². The number of carbonyl (C=O) groups excluding carboxylic acids is 1. The lowest BCUT2D eigenvalue weighted by Gasteiger charge is -2.46. The number of alkyl halides is 3. The summed E-state index contributed by atoms with van der Waals surface area (Å²) in [6, 6.07) is 16.9. The molecular weight excluding hydrogens is 461 g/mol. The molecule has 1 aliphatic rings. The molecule has 3 aromatic rings. The van der Waals surface area contributed by atoms with Crippen molar-refractivity contribution < 1.29 is 27.8 Å². The number of thiocarbonyl (C=S) groups is 1. The number of aliphatic hydroxyl groups is 1. The Balaban J connectivity index is 1.77. The van der Waals surface area contributed by atoms with Gasteiger partial charge in [-0.05, 0) is 53.5 Å². The summed E-state index contributed by atoms with van der Waals surface area (Å²) in [6.45, 7) is 0. The van der Waals surface area contributed by atoms with E-state index in [0.29, 0.717) is 17.1 Å². The van der Waals surface area contributed by atoms with E-state index in [2.05, 4.69) is 5.32 Å². The summed E-state index contributed by atoms with van der Waals surface area (Å²) in [4.78, 5) is 13.3. The number of thiophene rings is 1. The van der Waals surface area contributed by atoms with Crippen molar-refractivity contribution in [3.8, 4) is 11.5 Å². The number of hydrogen-bond donors (Lipinski definition) is 3. The van der Waals surface area contributed by atoms with Gasteiger partial charge in [-0.15, -0.1) is 11.3 Å². The van der Waals surface area contributed by atoms with Crippen molar-refractivity contribution >= 4 is 34.5 Å². The molecule has 2 heterocycles. The highest BCUT2D eigenvalue weighted by molar-refractivity contribution is 7.80. The Morgan fingerprint density at radius 1 is 1.06 bits per heavy atom. The van der Waals surface area contributed by atoms with E-state index in [1.807, 2.05) is 11.4 Å². The Kier molecular flexibility index (Phi) is 5.93. The van der Waals surface area contributed by atoms with Crippen LogP contribution in [0.1, 0.15) is 21.3 Å². The molecule has 5 nitrogen and oxygen atoms in total. The summed E-state index contributed by atoms with van der Waals surface area (Å²) < 4.78 is 47.9. The topological polar surface area (TPSA) is 70.6 Å². The molecule has 3 N–H and O–H groups in total. The number of benzene rings is 2. The van der Waals surface area contributed by atoms with Crippen LogP contribution in [0.2, 0.25) is 0 Å². The minimum Gasteiger partial charge on any atom is -0.457 e. The second-order valence-electron chi connectivity index (χ2n) is 7.15. The van der Waals surface area contributed by atoms with Crippen molar-refractivity contribution in [2.24, 2.45) is 5.92 Å². The molecule has 166 valence electrons. The summed E-state index contributed by atoms with van der Waals surface area (Å²) in [5.74, 6) is -1.91. The molecule has 0 saturated carbocycles. The maximum atomic E-state index is 14.0. The van der Waals surface area contributed by atoms with Crippen molar-refractivity contribution in [2.75, 3.05) is 0 Å². The van der Waals surface area contributed by atoms with Crippen molar-refractivity contribution in [3.63, 3.8) is 0 Å². The van der Waals surface area contributed by atoms with Gasteiger partial charge in [0.05, 0.1) is 10.9 Å². The minimum atomic E-state index is -5.17. The largest absolute Gasteiger partial charge is 0.457 e. The van der Waals surface area contributed by atoms with Crippen molar-refractivity contribution in [1.82, 2.24) is 10.6 Å². The van der Waals surface area contributed by atoms with Gasteiger partial charge in [0.25, 0.3) is 0 Å². The molecule has 1 saturated heterocycles. The molecule has 1 fully saturated rings. The van der Waals surface area contributed by atoms with Gasteiger partial charge in [-0.3, -0.25) is 4.79 Å². The van der Waals surface area contributed by atoms with Gasteiger partial charge in [0.15, 0.2) is 10.9 Å². The number of Topliss-reactive ketones (excluding diaryl/α,β-unsaturated/α-hetero) is 1. The van der Waals surface area contributed by atoms with Crippen LogP contribution in [0, 0.1) is 5.92 Å². The Morgan fingerprint density at radius 3 is 2.44 bits per heavy atom. The van der Waals surface area contributed by atoms with Crippen LogP contribution in [0.3, 0.4) is 0 Å². The third-order valence-corrected chi connectivity index (χ3v) is 6.15. The van der Waals surface area contributed by atoms with Gasteiger partial charge in [0.1, 0.15) is 17.4 Å². The SMILES string of the molecule is O=C(c1cccs1)[C@@H]1[C@H](c2cccc(Oc3ccccc3)c2)NC(=S)N[C@]1(O)C(F)(F)F. The molecule has 32 heavy (non-hydrogen) atoms. The standard InChI is InChI=1S/C22H17F3N2O3S2/c23-22(24,25)21(29)17(19(28)16-10-5-11-32-16)18(26-20(31)27-21)13-6-4-9-15(12-13)30-14-7-2-1-3-8-14/h1-12,17-18,29H,(H2,26,27,31)/t17-,18-,21+/m0/s1. The van der Waals surface area contributed by atoms with Crippen LogP contribution >= 0.6 is 23.6 Å². The molecule has 1 aliphatic heterocycles. The number of ether oxygens (including phenoxy) is 1. The van der Waals surface area contributed by atoms with Gasteiger partial charge in [0.2, 0.25) is 5.72 Å². The fourth-order valence-corrected chi connectivity index (χ4v) is 4.57. The molecule has 0 radical (unpaired) electrons. The molecule has 3 atom stereocenters. The summed E-state index contributed by atoms with van der Waals surface area (Å²) in [5, 5.41) is 16.5. The normalized spacial score (nSPS) is 23.2. The molecule has 10 heteroatoms. The lowest BCUT2D eigenvalue weighted by molar-refractivity contribution is -0.285. The summed E-state index contributed by atoms with van der Waals surface area (Å²) in [6.07, 6.45) is -5.17. The fraction of sp³-hybridized carbons (Fsp3) is 0.182.